The molecule has 1 aromatic carbocycles. The Hall–Kier alpha value is -0.600. The van der Waals surface area contributed by atoms with Gasteiger partial charge in [0.15, 0.2) is 0 Å². The first-order chi connectivity index (χ1) is 7.13. The fourth-order valence-electron chi connectivity index (χ4n) is 1.48. The van der Waals surface area contributed by atoms with E-state index in [1.165, 1.54) is 12.1 Å². The summed E-state index contributed by atoms with van der Waals surface area (Å²) in [6.45, 7) is 4.99. The van der Waals surface area contributed by atoms with Crippen LogP contribution in [0.4, 0.5) is 4.39 Å². The predicted molar refractivity (Wildman–Crippen MR) is 62.6 cm³/mol. The highest BCUT2D eigenvalue weighted by atomic mass is 35.5. The van der Waals surface area contributed by atoms with Gasteiger partial charge in [-0.05, 0) is 31.0 Å². The zero-order chi connectivity index (χ0) is 11.3. The molecule has 1 rings (SSSR count). The third-order valence-electron chi connectivity index (χ3n) is 2.38. The average Bonchev–Trinajstić information content (AvgIpc) is 2.17. The Morgan fingerprint density at radius 3 is 2.80 bits per heavy atom. The van der Waals surface area contributed by atoms with Crippen LogP contribution in [0.5, 0.6) is 0 Å². The molecule has 0 bridgehead atoms. The average molecular weight is 230 g/mol. The summed E-state index contributed by atoms with van der Waals surface area (Å²) in [6.07, 6.45) is 2.30. The smallest absolute Gasteiger partial charge is 0.124 e. The highest BCUT2D eigenvalue weighted by Gasteiger charge is 2.04. The molecule has 0 spiro atoms. The van der Waals surface area contributed by atoms with E-state index in [9.17, 15) is 4.39 Å². The Morgan fingerprint density at radius 1 is 1.47 bits per heavy atom. The summed E-state index contributed by atoms with van der Waals surface area (Å²) in [4.78, 5) is 0. The van der Waals surface area contributed by atoms with Gasteiger partial charge in [-0.15, -0.1) is 0 Å². The van der Waals surface area contributed by atoms with Gasteiger partial charge in [-0.1, -0.05) is 31.0 Å². The van der Waals surface area contributed by atoms with E-state index in [0.717, 1.165) is 18.4 Å². The Bertz CT molecular complexity index is 314. The first kappa shape index (κ1) is 12.5. The number of hydrogen-bond acceptors (Lipinski definition) is 1. The third kappa shape index (κ3) is 4.18. The van der Waals surface area contributed by atoms with Crippen molar-refractivity contribution in [1.29, 1.82) is 0 Å². The molecule has 84 valence electrons. The topological polar surface area (TPSA) is 12.0 Å². The highest BCUT2D eigenvalue weighted by Crippen LogP contribution is 2.17. The predicted octanol–water partition coefficient (Wildman–Crippen LogP) is 3.76. The summed E-state index contributed by atoms with van der Waals surface area (Å²) < 4.78 is 12.8. The van der Waals surface area contributed by atoms with Crippen LogP contribution in [0, 0.1) is 5.82 Å². The Balaban J connectivity index is 2.50. The van der Waals surface area contributed by atoms with Crippen LogP contribution in [-0.2, 0) is 6.54 Å². The van der Waals surface area contributed by atoms with E-state index >= 15 is 0 Å². The van der Waals surface area contributed by atoms with Crippen molar-refractivity contribution in [2.45, 2.75) is 39.3 Å². The summed E-state index contributed by atoms with van der Waals surface area (Å²) in [5.74, 6) is -0.287. The van der Waals surface area contributed by atoms with Crippen LogP contribution in [0.2, 0.25) is 5.02 Å². The molecule has 1 N–H and O–H groups in total. The van der Waals surface area contributed by atoms with Crippen LogP contribution in [-0.4, -0.2) is 6.04 Å². The van der Waals surface area contributed by atoms with Crippen LogP contribution in [0.25, 0.3) is 0 Å². The molecule has 0 aliphatic heterocycles. The van der Waals surface area contributed by atoms with E-state index in [4.69, 9.17) is 11.6 Å². The Labute approximate surface area is 95.6 Å². The van der Waals surface area contributed by atoms with E-state index in [2.05, 4.69) is 19.2 Å². The van der Waals surface area contributed by atoms with Crippen molar-refractivity contribution in [3.63, 3.8) is 0 Å². The second-order valence-electron chi connectivity index (χ2n) is 3.81. The molecule has 0 aliphatic rings. The van der Waals surface area contributed by atoms with Gasteiger partial charge < -0.3 is 5.32 Å². The van der Waals surface area contributed by atoms with Crippen molar-refractivity contribution >= 4 is 11.6 Å². The summed E-state index contributed by atoms with van der Waals surface area (Å²) in [5, 5.41) is 3.85. The second-order valence-corrected chi connectivity index (χ2v) is 4.21. The maximum absolute atomic E-state index is 12.8. The maximum Gasteiger partial charge on any atom is 0.124 e. The van der Waals surface area contributed by atoms with Crippen molar-refractivity contribution in [2.75, 3.05) is 0 Å². The minimum atomic E-state index is -0.287. The van der Waals surface area contributed by atoms with Crippen molar-refractivity contribution in [3.8, 4) is 0 Å². The van der Waals surface area contributed by atoms with Crippen molar-refractivity contribution < 1.29 is 4.39 Å². The van der Waals surface area contributed by atoms with E-state index in [1.807, 2.05) is 0 Å². The van der Waals surface area contributed by atoms with Gasteiger partial charge in [0.05, 0.1) is 0 Å². The molecule has 1 aromatic rings. The zero-order valence-electron chi connectivity index (χ0n) is 9.19. The summed E-state index contributed by atoms with van der Waals surface area (Å²) in [7, 11) is 0. The van der Waals surface area contributed by atoms with E-state index in [0.29, 0.717) is 17.6 Å². The Morgan fingerprint density at radius 2 is 2.20 bits per heavy atom. The van der Waals surface area contributed by atoms with Crippen LogP contribution in [0.3, 0.4) is 0 Å². The number of rotatable bonds is 5. The van der Waals surface area contributed by atoms with Crippen LogP contribution in [0.15, 0.2) is 18.2 Å². The normalized spacial score (nSPS) is 12.8. The first-order valence-electron chi connectivity index (χ1n) is 5.30. The lowest BCUT2D eigenvalue weighted by Gasteiger charge is -2.13. The van der Waals surface area contributed by atoms with Gasteiger partial charge >= 0.3 is 0 Å². The lowest BCUT2D eigenvalue weighted by Crippen LogP contribution is -2.25. The molecule has 0 aromatic heterocycles. The summed E-state index contributed by atoms with van der Waals surface area (Å²) >= 11 is 5.91. The maximum atomic E-state index is 12.8. The molecule has 0 saturated carbocycles. The lowest BCUT2D eigenvalue weighted by molar-refractivity contribution is 0.508. The third-order valence-corrected chi connectivity index (χ3v) is 2.73. The Kier molecular flexibility index (Phi) is 5.06. The number of hydrogen-bond donors (Lipinski definition) is 1. The SMILES string of the molecule is CCCC(C)NCc1ccc(F)cc1Cl. The molecule has 3 heteroatoms. The second kappa shape index (κ2) is 6.09. The zero-order valence-corrected chi connectivity index (χ0v) is 9.94. The molecule has 0 saturated heterocycles. The highest BCUT2D eigenvalue weighted by molar-refractivity contribution is 6.31. The molecule has 1 atom stereocenters. The molecule has 0 aliphatic carbocycles. The molecule has 0 radical (unpaired) electrons. The van der Waals surface area contributed by atoms with Crippen LogP contribution in [0.1, 0.15) is 32.3 Å². The monoisotopic (exact) mass is 229 g/mol. The van der Waals surface area contributed by atoms with E-state index in [1.54, 1.807) is 6.07 Å². The first-order valence-corrected chi connectivity index (χ1v) is 5.68. The van der Waals surface area contributed by atoms with Gasteiger partial charge in [0, 0.05) is 17.6 Å². The molecule has 15 heavy (non-hydrogen) atoms. The van der Waals surface area contributed by atoms with Crippen LogP contribution < -0.4 is 5.32 Å². The fraction of sp³-hybridized carbons (Fsp3) is 0.500. The molecule has 1 unspecified atom stereocenters. The fourth-order valence-corrected chi connectivity index (χ4v) is 1.72. The van der Waals surface area contributed by atoms with Crippen molar-refractivity contribution in [2.24, 2.45) is 0 Å². The number of nitrogens with one attached hydrogen (secondary N) is 1. The number of halogens is 2. The standard InChI is InChI=1S/C12H17ClFN/c1-3-4-9(2)15-8-10-5-6-11(14)7-12(10)13/h5-7,9,15H,3-4,8H2,1-2H3. The summed E-state index contributed by atoms with van der Waals surface area (Å²) in [6, 6.07) is 4.98. The quantitative estimate of drug-likeness (QED) is 0.811. The van der Waals surface area contributed by atoms with E-state index < -0.39 is 0 Å². The molecular formula is C12H17ClFN. The molecular weight excluding hydrogens is 213 g/mol. The van der Waals surface area contributed by atoms with Gasteiger partial charge in [-0.25, -0.2) is 4.39 Å². The molecule has 1 nitrogen and oxygen atoms in total. The molecule has 0 amide bonds. The number of benzene rings is 1. The molecule has 0 heterocycles. The largest absolute Gasteiger partial charge is 0.310 e. The van der Waals surface area contributed by atoms with Gasteiger partial charge in [0.25, 0.3) is 0 Å². The van der Waals surface area contributed by atoms with Gasteiger partial charge in [0.1, 0.15) is 5.82 Å². The van der Waals surface area contributed by atoms with Crippen molar-refractivity contribution in [1.82, 2.24) is 5.32 Å². The van der Waals surface area contributed by atoms with Crippen molar-refractivity contribution in [3.05, 3.63) is 34.6 Å². The minimum Gasteiger partial charge on any atom is -0.310 e. The van der Waals surface area contributed by atoms with Gasteiger partial charge in [-0.2, -0.15) is 0 Å². The minimum absolute atomic E-state index is 0.287. The van der Waals surface area contributed by atoms with Crippen LogP contribution >= 0.6 is 11.6 Å². The van der Waals surface area contributed by atoms with E-state index in [-0.39, 0.29) is 5.82 Å². The summed E-state index contributed by atoms with van der Waals surface area (Å²) in [5.41, 5.74) is 0.945. The van der Waals surface area contributed by atoms with Gasteiger partial charge in [-0.3, -0.25) is 0 Å². The molecule has 0 fully saturated rings. The lowest BCUT2D eigenvalue weighted by atomic mass is 10.1. The van der Waals surface area contributed by atoms with Gasteiger partial charge in [0.2, 0.25) is 0 Å².